The molecule has 45 heavy (non-hydrogen) atoms. The molecule has 11 heteroatoms. The first-order valence-corrected chi connectivity index (χ1v) is 14.8. The number of non-ortho nitro benzene ring substituents is 1. The predicted molar refractivity (Wildman–Crippen MR) is 167 cm³/mol. The molecule has 0 saturated carbocycles. The molecule has 1 radical (unpaired) electrons. The number of hydrogen-bond acceptors (Lipinski definition) is 8. The normalized spacial score (nSPS) is 17.6. The van der Waals surface area contributed by atoms with Crippen LogP contribution in [-0.4, -0.2) is 49.9 Å². The summed E-state index contributed by atoms with van der Waals surface area (Å²) in [5, 5.41) is 33.1. The van der Waals surface area contributed by atoms with Crippen molar-refractivity contribution in [2.45, 2.75) is 22.8 Å². The molecule has 0 spiro atoms. The Bertz CT molecular complexity index is 1640. The number of ether oxygens (including phenoxy) is 1. The number of esters is 1. The quantitative estimate of drug-likeness (QED) is 0.0766. The van der Waals surface area contributed by atoms with Gasteiger partial charge in [0.15, 0.2) is 0 Å². The molecule has 1 aliphatic rings. The van der Waals surface area contributed by atoms with Gasteiger partial charge in [-0.2, -0.15) is 0 Å². The van der Waals surface area contributed by atoms with Gasteiger partial charge in [0, 0.05) is 24.6 Å². The van der Waals surface area contributed by atoms with Gasteiger partial charge in [0.25, 0.3) is 11.4 Å². The largest absolute Gasteiger partial charge is 0.477 e. The van der Waals surface area contributed by atoms with E-state index in [1.54, 1.807) is 0 Å². The molecule has 1 amide bonds. The monoisotopic (exact) mass is 625 g/mol. The number of benzene rings is 4. The molecule has 0 aliphatic carbocycles. The van der Waals surface area contributed by atoms with Crippen molar-refractivity contribution in [1.82, 2.24) is 4.90 Å². The second-order valence-corrected chi connectivity index (χ2v) is 11.8. The summed E-state index contributed by atoms with van der Waals surface area (Å²) in [4.78, 5) is 50.4. The fourth-order valence-corrected chi connectivity index (χ4v) is 7.52. The molecule has 0 bridgehead atoms. The number of likely N-dealkylation sites (tertiary alicyclic amines) is 1. The van der Waals surface area contributed by atoms with Crippen LogP contribution in [0.5, 0.6) is 0 Å². The number of nitro benzene ring substituents is 1. The molecule has 0 aromatic heterocycles. The van der Waals surface area contributed by atoms with Gasteiger partial charge in [-0.1, -0.05) is 97.1 Å². The summed E-state index contributed by atoms with van der Waals surface area (Å²) in [6, 6.07) is 31.5. The summed E-state index contributed by atoms with van der Waals surface area (Å²) in [6.45, 7) is 4.61. The van der Waals surface area contributed by atoms with Gasteiger partial charge < -0.3 is 14.9 Å². The van der Waals surface area contributed by atoms with Crippen LogP contribution < -0.4 is 0 Å². The van der Waals surface area contributed by atoms with Crippen LogP contribution in [0.4, 0.5) is 5.69 Å². The average molecular weight is 626 g/mol. The zero-order valence-corrected chi connectivity index (χ0v) is 24.9. The summed E-state index contributed by atoms with van der Waals surface area (Å²) in [7, 11) is 0. The maximum atomic E-state index is 13.9. The Morgan fingerprint density at radius 2 is 1.42 bits per heavy atom. The van der Waals surface area contributed by atoms with Crippen molar-refractivity contribution in [2.75, 3.05) is 6.61 Å². The van der Waals surface area contributed by atoms with Crippen LogP contribution in [0.25, 0.3) is 0 Å². The van der Waals surface area contributed by atoms with Gasteiger partial charge in [0.1, 0.15) is 12.5 Å². The molecule has 1 heterocycles. The Morgan fingerprint density at radius 3 is 1.84 bits per heavy atom. The van der Waals surface area contributed by atoms with Gasteiger partial charge >= 0.3 is 11.9 Å². The van der Waals surface area contributed by atoms with Crippen LogP contribution in [0.3, 0.4) is 0 Å². The van der Waals surface area contributed by atoms with Gasteiger partial charge in [-0.05, 0) is 29.2 Å². The molecule has 1 aliphatic heterocycles. The van der Waals surface area contributed by atoms with E-state index in [1.807, 2.05) is 91.0 Å². The lowest BCUT2D eigenvalue weighted by Gasteiger charge is -2.55. The van der Waals surface area contributed by atoms with E-state index in [2.05, 4.69) is 6.92 Å². The zero-order chi connectivity index (χ0) is 32.4. The van der Waals surface area contributed by atoms with E-state index in [9.17, 15) is 34.7 Å². The molecule has 4 aromatic rings. The third-order valence-electron chi connectivity index (χ3n) is 7.78. The third-order valence-corrected chi connectivity index (χ3v) is 9.63. The van der Waals surface area contributed by atoms with Crippen molar-refractivity contribution >= 4 is 35.3 Å². The predicted octanol–water partition coefficient (Wildman–Crippen LogP) is 5.08. The van der Waals surface area contributed by atoms with Crippen LogP contribution in [0.15, 0.2) is 109 Å². The fourth-order valence-electron chi connectivity index (χ4n) is 5.62. The van der Waals surface area contributed by atoms with Crippen molar-refractivity contribution in [3.05, 3.63) is 154 Å². The topological polar surface area (TPSA) is 147 Å². The number of carboxylic acids is 1. The number of carbonyl (C=O) groups excluding carboxylic acids is 2. The molecule has 1 saturated heterocycles. The van der Waals surface area contributed by atoms with Crippen molar-refractivity contribution in [3.8, 4) is 0 Å². The summed E-state index contributed by atoms with van der Waals surface area (Å²) < 4.78 is 4.18. The van der Waals surface area contributed by atoms with Gasteiger partial charge in [0.05, 0.1) is 15.0 Å². The van der Waals surface area contributed by atoms with E-state index >= 15 is 0 Å². The Hall–Kier alpha value is -5.00. The van der Waals surface area contributed by atoms with E-state index in [-0.39, 0.29) is 12.2 Å². The van der Waals surface area contributed by atoms with Crippen molar-refractivity contribution in [3.63, 3.8) is 0 Å². The molecule has 10 nitrogen and oxygen atoms in total. The fraction of sp³-hybridized carbons (Fsp3) is 0.176. The third kappa shape index (κ3) is 5.56. The number of thioether (sulfide) groups is 1. The SMILES string of the molecule is [CH2]c1ccc([N+](=O)[O-])cc1C(O)(C(=O)O)N1C(=O)C(COC(C)=O)C1SC(c1ccccc1)(c1ccccc1)c1ccccc1. The smallest absolute Gasteiger partial charge is 0.362 e. The van der Waals surface area contributed by atoms with Crippen LogP contribution in [0.2, 0.25) is 0 Å². The maximum Gasteiger partial charge on any atom is 0.362 e. The molecule has 229 valence electrons. The van der Waals surface area contributed by atoms with Gasteiger partial charge in [-0.25, -0.2) is 4.79 Å². The average Bonchev–Trinajstić information content (AvgIpc) is 3.04. The Morgan fingerprint density at radius 1 is 0.933 bits per heavy atom. The number of nitro groups is 1. The number of carboxylic acid groups (broad SMARTS) is 1. The number of carbonyl (C=O) groups is 3. The summed E-state index contributed by atoms with van der Waals surface area (Å²) in [5.74, 6) is -4.35. The highest BCUT2D eigenvalue weighted by molar-refractivity contribution is 8.01. The van der Waals surface area contributed by atoms with E-state index in [0.29, 0.717) is 0 Å². The van der Waals surface area contributed by atoms with Crippen LogP contribution in [0.1, 0.15) is 34.7 Å². The van der Waals surface area contributed by atoms with Gasteiger partial charge in [-0.15, -0.1) is 11.8 Å². The second-order valence-electron chi connectivity index (χ2n) is 10.5. The highest BCUT2D eigenvalue weighted by Gasteiger charge is 2.63. The number of nitrogens with zero attached hydrogens (tertiary/aromatic N) is 2. The van der Waals surface area contributed by atoms with E-state index in [4.69, 9.17) is 4.74 Å². The molecule has 3 unspecified atom stereocenters. The minimum atomic E-state index is -3.06. The molecular weight excluding hydrogens is 596 g/mol. The number of aliphatic hydroxyl groups is 1. The van der Waals surface area contributed by atoms with Crippen LogP contribution >= 0.6 is 11.8 Å². The molecule has 5 rings (SSSR count). The number of hydrogen-bond donors (Lipinski definition) is 2. The summed E-state index contributed by atoms with van der Waals surface area (Å²) in [6.07, 6.45) is 0. The minimum absolute atomic E-state index is 0.0223. The minimum Gasteiger partial charge on any atom is -0.477 e. The lowest BCUT2D eigenvalue weighted by Crippen LogP contribution is -2.71. The van der Waals surface area contributed by atoms with Crippen LogP contribution in [0, 0.1) is 23.0 Å². The first-order chi connectivity index (χ1) is 21.5. The molecular formula is C34H29N2O8S. The second kappa shape index (κ2) is 12.5. The lowest BCUT2D eigenvalue weighted by atomic mass is 9.84. The van der Waals surface area contributed by atoms with Crippen molar-refractivity contribution < 1.29 is 34.3 Å². The number of β-lactam (4-membered cyclic amide) rings is 1. The first kappa shape index (κ1) is 31.4. The van der Waals surface area contributed by atoms with E-state index in [0.717, 1.165) is 33.7 Å². The van der Waals surface area contributed by atoms with E-state index < -0.39 is 55.8 Å². The lowest BCUT2D eigenvalue weighted by molar-refractivity contribution is -0.385. The molecule has 3 atom stereocenters. The van der Waals surface area contributed by atoms with Gasteiger partial charge in [0.2, 0.25) is 5.91 Å². The van der Waals surface area contributed by atoms with Gasteiger partial charge in [-0.3, -0.25) is 24.6 Å². The standard InChI is InChI=1S/C34H29N2O8S/c1-22-18-19-27(36(42)43)20-29(22)34(41,32(39)40)35-30(38)28(21-44-23(2)37)31(35)45-33(24-12-6-3-7-13-24,25-14-8-4-9-15-25)26-16-10-5-11-17-26/h3-20,28,31,41H,1,21H2,2H3,(H,39,40). The molecule has 2 N–H and O–H groups in total. The summed E-state index contributed by atoms with van der Waals surface area (Å²) in [5.41, 5.74) is -1.61. The maximum absolute atomic E-state index is 13.9. The van der Waals surface area contributed by atoms with Crippen LogP contribution in [-0.2, 0) is 29.6 Å². The number of aliphatic carboxylic acids is 1. The number of rotatable bonds is 11. The Balaban J connectivity index is 1.76. The number of amides is 1. The van der Waals surface area contributed by atoms with Crippen molar-refractivity contribution in [2.24, 2.45) is 5.92 Å². The molecule has 4 aromatic carbocycles. The zero-order valence-electron chi connectivity index (χ0n) is 24.1. The first-order valence-electron chi connectivity index (χ1n) is 13.9. The molecule has 1 fully saturated rings. The Labute approximate surface area is 263 Å². The summed E-state index contributed by atoms with van der Waals surface area (Å²) >= 11 is 1.20. The highest BCUT2D eigenvalue weighted by Crippen LogP contribution is 2.56. The Kier molecular flexibility index (Phi) is 8.76. The van der Waals surface area contributed by atoms with Crippen molar-refractivity contribution in [1.29, 1.82) is 0 Å². The highest BCUT2D eigenvalue weighted by atomic mass is 32.2. The van der Waals surface area contributed by atoms with E-state index in [1.165, 1.54) is 24.8 Å².